The van der Waals surface area contributed by atoms with Crippen LogP contribution in [0, 0.1) is 22.7 Å². The van der Waals surface area contributed by atoms with E-state index in [4.69, 9.17) is 9.84 Å². The van der Waals surface area contributed by atoms with Gasteiger partial charge in [-0.15, -0.1) is 0 Å². The molecule has 4 atom stereocenters. The second-order valence-electron chi connectivity index (χ2n) is 9.15. The summed E-state index contributed by atoms with van der Waals surface area (Å²) < 4.78 is 5.60. The molecule has 0 spiro atoms. The molecule has 0 amide bonds. The number of rotatable bonds is 9. The van der Waals surface area contributed by atoms with E-state index in [1.54, 1.807) is 0 Å². The molecule has 0 heterocycles. The third-order valence-electron chi connectivity index (χ3n) is 7.60. The normalized spacial score (nSPS) is 32.7. The Kier molecular flexibility index (Phi) is 6.08. The molecule has 2 aliphatic rings. The maximum Gasteiger partial charge on any atom is 0.185 e. The summed E-state index contributed by atoms with van der Waals surface area (Å²) in [7, 11) is 1.44. The SMILES string of the molecule is C=C1[C@H]2[C@@H](CO)C[C@@](C(=O)CCc3cccc(CCCO)c3)(C1(C)C)[C@@]2(O)OC. The summed E-state index contributed by atoms with van der Waals surface area (Å²) in [6, 6.07) is 8.09. The number of hydrogen-bond donors (Lipinski definition) is 3. The monoisotopic (exact) mass is 402 g/mol. The molecule has 1 aromatic rings. The van der Waals surface area contributed by atoms with Crippen LogP contribution in [0.5, 0.6) is 0 Å². The van der Waals surface area contributed by atoms with Crippen LogP contribution in [0.2, 0.25) is 0 Å². The largest absolute Gasteiger partial charge is 0.396 e. The van der Waals surface area contributed by atoms with Gasteiger partial charge in [0.05, 0.1) is 5.41 Å². The van der Waals surface area contributed by atoms with Crippen molar-refractivity contribution in [3.05, 3.63) is 47.5 Å². The van der Waals surface area contributed by atoms with E-state index < -0.39 is 22.5 Å². The highest BCUT2D eigenvalue weighted by Crippen LogP contribution is 2.73. The van der Waals surface area contributed by atoms with Gasteiger partial charge in [0.25, 0.3) is 0 Å². The van der Waals surface area contributed by atoms with Crippen LogP contribution in [0.4, 0.5) is 0 Å². The number of carbonyl (C=O) groups excluding carboxylic acids is 1. The van der Waals surface area contributed by atoms with Crippen molar-refractivity contribution in [2.75, 3.05) is 20.3 Å². The van der Waals surface area contributed by atoms with E-state index in [0.717, 1.165) is 23.1 Å². The highest BCUT2D eigenvalue weighted by molar-refractivity contribution is 5.89. The molecule has 160 valence electrons. The van der Waals surface area contributed by atoms with Gasteiger partial charge in [0, 0.05) is 38.1 Å². The van der Waals surface area contributed by atoms with Crippen molar-refractivity contribution in [2.45, 2.75) is 51.7 Å². The molecule has 0 aromatic heterocycles. The second kappa shape index (κ2) is 7.95. The Balaban J connectivity index is 1.86. The standard InChI is InChI=1S/C24H34O5/c1-16-21-19(15-26)14-23(22(16,2)3,24(21,28)29-4)20(27)11-10-18-8-5-7-17(13-18)9-6-12-25/h5,7-8,13,19,21,25-26,28H,1,6,9-12,14-15H2,2-4H3/t19-,21+,23-,24+/m1/s1. The molecule has 29 heavy (non-hydrogen) atoms. The van der Waals surface area contributed by atoms with E-state index in [1.807, 2.05) is 32.0 Å². The van der Waals surface area contributed by atoms with E-state index in [1.165, 1.54) is 7.11 Å². The van der Waals surface area contributed by atoms with Crippen LogP contribution in [0.3, 0.4) is 0 Å². The summed E-state index contributed by atoms with van der Waals surface area (Å²) in [4.78, 5) is 13.7. The van der Waals surface area contributed by atoms with Gasteiger partial charge in [0.15, 0.2) is 5.79 Å². The van der Waals surface area contributed by atoms with E-state index in [-0.39, 0.29) is 31.3 Å². The first kappa shape index (κ1) is 22.2. The van der Waals surface area contributed by atoms with Gasteiger partial charge in [0.2, 0.25) is 0 Å². The Morgan fingerprint density at radius 2 is 1.90 bits per heavy atom. The first-order valence-corrected chi connectivity index (χ1v) is 10.5. The summed E-state index contributed by atoms with van der Waals surface area (Å²) in [5.41, 5.74) is 1.26. The van der Waals surface area contributed by atoms with Crippen molar-refractivity contribution < 1.29 is 24.9 Å². The van der Waals surface area contributed by atoms with Crippen LogP contribution in [0.25, 0.3) is 0 Å². The van der Waals surface area contributed by atoms with Gasteiger partial charge in [-0.3, -0.25) is 4.79 Å². The maximum atomic E-state index is 13.7. The fraction of sp³-hybridized carbons (Fsp3) is 0.625. The molecule has 0 unspecified atom stereocenters. The third-order valence-corrected chi connectivity index (χ3v) is 7.60. The van der Waals surface area contributed by atoms with Crippen molar-refractivity contribution in [3.8, 4) is 0 Å². The molecule has 2 bridgehead atoms. The van der Waals surface area contributed by atoms with Gasteiger partial charge >= 0.3 is 0 Å². The molecule has 2 saturated carbocycles. The highest BCUT2D eigenvalue weighted by atomic mass is 16.6. The zero-order chi connectivity index (χ0) is 21.4. The number of benzene rings is 1. The molecular weight excluding hydrogens is 368 g/mol. The predicted molar refractivity (Wildman–Crippen MR) is 111 cm³/mol. The minimum absolute atomic E-state index is 0.0350. The van der Waals surface area contributed by atoms with Crippen molar-refractivity contribution in [1.29, 1.82) is 0 Å². The van der Waals surface area contributed by atoms with Crippen molar-refractivity contribution in [2.24, 2.45) is 22.7 Å². The topological polar surface area (TPSA) is 87.0 Å². The number of hydrogen-bond acceptors (Lipinski definition) is 5. The molecule has 0 radical (unpaired) electrons. The molecule has 5 heteroatoms. The number of aryl methyl sites for hydroxylation is 2. The van der Waals surface area contributed by atoms with E-state index in [0.29, 0.717) is 19.3 Å². The summed E-state index contributed by atoms with van der Waals surface area (Å²) in [6.45, 7) is 8.17. The number of carbonyl (C=O) groups is 1. The molecule has 5 nitrogen and oxygen atoms in total. The summed E-state index contributed by atoms with van der Waals surface area (Å²) in [5.74, 6) is -2.35. The number of aliphatic hydroxyl groups is 3. The zero-order valence-electron chi connectivity index (χ0n) is 17.8. The lowest BCUT2D eigenvalue weighted by Crippen LogP contribution is -2.55. The van der Waals surface area contributed by atoms with Gasteiger partial charge in [-0.2, -0.15) is 0 Å². The predicted octanol–water partition coefficient (Wildman–Crippen LogP) is 2.66. The maximum absolute atomic E-state index is 13.7. The Labute approximate surface area is 173 Å². The first-order chi connectivity index (χ1) is 13.7. The zero-order valence-corrected chi connectivity index (χ0v) is 17.8. The van der Waals surface area contributed by atoms with Crippen molar-refractivity contribution >= 4 is 5.78 Å². The number of Topliss-reactive ketones (excluding diaryl/α,β-unsaturated/α-hetero) is 1. The Morgan fingerprint density at radius 1 is 1.24 bits per heavy atom. The van der Waals surface area contributed by atoms with E-state index >= 15 is 0 Å². The number of aliphatic hydroxyl groups excluding tert-OH is 2. The van der Waals surface area contributed by atoms with Crippen LogP contribution < -0.4 is 0 Å². The van der Waals surface area contributed by atoms with Crippen molar-refractivity contribution in [3.63, 3.8) is 0 Å². The molecular formula is C24H34O5. The first-order valence-electron chi connectivity index (χ1n) is 10.5. The minimum Gasteiger partial charge on any atom is -0.396 e. The van der Waals surface area contributed by atoms with E-state index in [9.17, 15) is 15.0 Å². The van der Waals surface area contributed by atoms with Crippen LogP contribution in [0.1, 0.15) is 44.2 Å². The minimum atomic E-state index is -1.64. The fourth-order valence-corrected chi connectivity index (χ4v) is 5.96. The van der Waals surface area contributed by atoms with Crippen molar-refractivity contribution in [1.82, 2.24) is 0 Å². The molecule has 1 aromatic carbocycles. The summed E-state index contributed by atoms with van der Waals surface area (Å²) >= 11 is 0. The molecule has 2 aliphatic carbocycles. The summed E-state index contributed by atoms with van der Waals surface area (Å²) in [5, 5.41) is 30.4. The smallest absolute Gasteiger partial charge is 0.185 e. The molecule has 0 aliphatic heterocycles. The fourth-order valence-electron chi connectivity index (χ4n) is 5.96. The molecule has 2 fully saturated rings. The average Bonchev–Trinajstić information content (AvgIpc) is 3.06. The van der Waals surface area contributed by atoms with E-state index in [2.05, 4.69) is 12.6 Å². The van der Waals surface area contributed by atoms with Gasteiger partial charge in [-0.25, -0.2) is 0 Å². The van der Waals surface area contributed by atoms with Crippen LogP contribution in [-0.2, 0) is 22.4 Å². The number of methoxy groups -OCH3 is 1. The molecule has 3 N–H and O–H groups in total. The quantitative estimate of drug-likeness (QED) is 0.437. The Morgan fingerprint density at radius 3 is 2.48 bits per heavy atom. The van der Waals surface area contributed by atoms with Gasteiger partial charge in [0.1, 0.15) is 5.78 Å². The number of ether oxygens (including phenoxy) is 1. The highest BCUT2D eigenvalue weighted by Gasteiger charge is 2.79. The lowest BCUT2D eigenvalue weighted by Gasteiger charge is -2.46. The molecule has 0 saturated heterocycles. The lowest BCUT2D eigenvalue weighted by atomic mass is 9.58. The Bertz CT molecular complexity index is 785. The van der Waals surface area contributed by atoms with Crippen LogP contribution >= 0.6 is 0 Å². The molecule has 3 rings (SSSR count). The van der Waals surface area contributed by atoms with Crippen LogP contribution in [-0.4, -0.2) is 47.2 Å². The summed E-state index contributed by atoms with van der Waals surface area (Å²) in [6.07, 6.45) is 2.78. The number of ketones is 1. The van der Waals surface area contributed by atoms with Gasteiger partial charge < -0.3 is 20.1 Å². The third kappa shape index (κ3) is 3.10. The van der Waals surface area contributed by atoms with Gasteiger partial charge in [-0.1, -0.05) is 50.3 Å². The Hall–Kier alpha value is -1.53. The van der Waals surface area contributed by atoms with Gasteiger partial charge in [-0.05, 0) is 42.7 Å². The average molecular weight is 403 g/mol. The second-order valence-corrected chi connectivity index (χ2v) is 9.15. The lowest BCUT2D eigenvalue weighted by molar-refractivity contribution is -0.253. The van der Waals surface area contributed by atoms with Crippen LogP contribution in [0.15, 0.2) is 36.4 Å². The number of fused-ring (bicyclic) bond motifs is 2.